The second-order valence-electron chi connectivity index (χ2n) is 5.37. The van der Waals surface area contributed by atoms with E-state index < -0.39 is 0 Å². The van der Waals surface area contributed by atoms with Crippen molar-refractivity contribution in [2.75, 3.05) is 19.0 Å². The molecule has 118 valence electrons. The van der Waals surface area contributed by atoms with Crippen LogP contribution in [-0.2, 0) is 6.54 Å². The third kappa shape index (κ3) is 3.05. The molecule has 0 aliphatic carbocycles. The van der Waals surface area contributed by atoms with Gasteiger partial charge >= 0.3 is 0 Å². The number of para-hydroxylation sites is 2. The van der Waals surface area contributed by atoms with E-state index in [1.807, 2.05) is 66.0 Å². The van der Waals surface area contributed by atoms with E-state index >= 15 is 0 Å². The number of azo groups is 1. The number of fused-ring (bicyclic) bond motifs is 1. The molecule has 23 heavy (non-hydrogen) atoms. The molecular formula is C17H18ClN5. The lowest BCUT2D eigenvalue weighted by atomic mass is 10.3. The summed E-state index contributed by atoms with van der Waals surface area (Å²) in [5.41, 5.74) is 3.62. The first-order valence-corrected chi connectivity index (χ1v) is 7.82. The topological polar surface area (TPSA) is 45.8 Å². The predicted molar refractivity (Wildman–Crippen MR) is 95.4 cm³/mol. The van der Waals surface area contributed by atoms with Crippen LogP contribution in [-0.4, -0.2) is 23.6 Å². The van der Waals surface area contributed by atoms with Crippen LogP contribution in [0.5, 0.6) is 0 Å². The van der Waals surface area contributed by atoms with E-state index in [1.165, 1.54) is 0 Å². The van der Waals surface area contributed by atoms with Crippen LogP contribution in [0.25, 0.3) is 11.0 Å². The van der Waals surface area contributed by atoms with Crippen LogP contribution in [0.2, 0.25) is 5.02 Å². The number of hydrogen-bond acceptors (Lipinski definition) is 4. The lowest BCUT2D eigenvalue weighted by Gasteiger charge is -2.12. The second kappa shape index (κ2) is 6.38. The van der Waals surface area contributed by atoms with E-state index in [-0.39, 0.29) is 0 Å². The van der Waals surface area contributed by atoms with Gasteiger partial charge in [0.1, 0.15) is 5.69 Å². The molecule has 0 spiro atoms. The number of nitrogens with zero attached hydrogens (tertiary/aromatic N) is 5. The second-order valence-corrected chi connectivity index (χ2v) is 5.78. The summed E-state index contributed by atoms with van der Waals surface area (Å²) in [6.07, 6.45) is 0. The lowest BCUT2D eigenvalue weighted by molar-refractivity contribution is 0.782. The normalized spacial score (nSPS) is 11.5. The minimum atomic E-state index is 0.569. The minimum absolute atomic E-state index is 0.569. The van der Waals surface area contributed by atoms with Crippen LogP contribution < -0.4 is 4.90 Å². The summed E-state index contributed by atoms with van der Waals surface area (Å²) in [5.74, 6) is 0.585. The molecule has 6 heteroatoms. The fourth-order valence-electron chi connectivity index (χ4n) is 2.40. The van der Waals surface area contributed by atoms with Crippen molar-refractivity contribution in [2.45, 2.75) is 13.5 Å². The fraction of sp³-hybridized carbons (Fsp3) is 0.235. The maximum absolute atomic E-state index is 6.28. The van der Waals surface area contributed by atoms with Crippen molar-refractivity contribution in [1.29, 1.82) is 0 Å². The van der Waals surface area contributed by atoms with Gasteiger partial charge in [0.15, 0.2) is 0 Å². The fourth-order valence-corrected chi connectivity index (χ4v) is 2.62. The van der Waals surface area contributed by atoms with Crippen LogP contribution in [0.1, 0.15) is 6.92 Å². The molecule has 5 nitrogen and oxygen atoms in total. The SMILES string of the molecule is CCn1c(N=Nc2ccc(N(C)C)cc2Cl)nc2ccccc21. The molecule has 1 heterocycles. The van der Waals surface area contributed by atoms with Gasteiger partial charge in [-0.15, -0.1) is 10.2 Å². The molecule has 0 aliphatic heterocycles. The summed E-state index contributed by atoms with van der Waals surface area (Å²) in [7, 11) is 3.94. The minimum Gasteiger partial charge on any atom is -0.378 e. The Morgan fingerprint density at radius 3 is 2.61 bits per heavy atom. The molecule has 0 bridgehead atoms. The molecule has 0 atom stereocenters. The number of rotatable bonds is 4. The summed E-state index contributed by atoms with van der Waals surface area (Å²) in [4.78, 5) is 6.51. The van der Waals surface area contributed by atoms with Crippen LogP contribution in [0, 0.1) is 0 Å². The first-order valence-electron chi connectivity index (χ1n) is 7.44. The Morgan fingerprint density at radius 2 is 1.91 bits per heavy atom. The number of aromatic nitrogens is 2. The number of anilines is 1. The van der Waals surface area contributed by atoms with Crippen molar-refractivity contribution in [2.24, 2.45) is 10.2 Å². The van der Waals surface area contributed by atoms with Crippen LogP contribution >= 0.6 is 11.6 Å². The molecule has 0 unspecified atom stereocenters. The van der Waals surface area contributed by atoms with Crippen molar-refractivity contribution < 1.29 is 0 Å². The van der Waals surface area contributed by atoms with Gasteiger partial charge in [-0.3, -0.25) is 0 Å². The summed E-state index contributed by atoms with van der Waals surface area (Å²) in [5, 5.41) is 9.14. The van der Waals surface area contributed by atoms with Crippen molar-refractivity contribution in [3.63, 3.8) is 0 Å². The van der Waals surface area contributed by atoms with Crippen molar-refractivity contribution in [3.8, 4) is 0 Å². The van der Waals surface area contributed by atoms with E-state index in [0.29, 0.717) is 16.7 Å². The quantitative estimate of drug-likeness (QED) is 0.619. The summed E-state index contributed by atoms with van der Waals surface area (Å²) < 4.78 is 2.03. The van der Waals surface area contributed by atoms with E-state index in [0.717, 1.165) is 23.3 Å². The van der Waals surface area contributed by atoms with Crippen LogP contribution in [0.15, 0.2) is 52.7 Å². The maximum Gasteiger partial charge on any atom is 0.250 e. The van der Waals surface area contributed by atoms with E-state index in [9.17, 15) is 0 Å². The number of aryl methyl sites for hydroxylation is 1. The van der Waals surface area contributed by atoms with E-state index in [2.05, 4.69) is 22.1 Å². The van der Waals surface area contributed by atoms with Gasteiger partial charge in [0, 0.05) is 26.3 Å². The molecule has 0 amide bonds. The third-order valence-electron chi connectivity index (χ3n) is 3.65. The smallest absolute Gasteiger partial charge is 0.250 e. The number of hydrogen-bond donors (Lipinski definition) is 0. The van der Waals surface area contributed by atoms with Crippen LogP contribution in [0.4, 0.5) is 17.3 Å². The lowest BCUT2D eigenvalue weighted by Crippen LogP contribution is -2.07. The molecule has 0 N–H and O–H groups in total. The monoisotopic (exact) mass is 327 g/mol. The predicted octanol–water partition coefficient (Wildman–Crippen LogP) is 5.19. The Kier molecular flexibility index (Phi) is 4.30. The molecule has 3 aromatic rings. The number of halogens is 1. The van der Waals surface area contributed by atoms with Gasteiger partial charge in [0.2, 0.25) is 5.95 Å². The van der Waals surface area contributed by atoms with Gasteiger partial charge in [-0.1, -0.05) is 23.7 Å². The first-order chi connectivity index (χ1) is 11.1. The Bertz CT molecular complexity index is 867. The summed E-state index contributed by atoms with van der Waals surface area (Å²) >= 11 is 6.28. The average Bonchev–Trinajstić information content (AvgIpc) is 2.91. The zero-order valence-corrected chi connectivity index (χ0v) is 14.1. The average molecular weight is 328 g/mol. The van der Waals surface area contributed by atoms with Gasteiger partial charge in [-0.2, -0.15) is 0 Å². The molecule has 0 radical (unpaired) electrons. The Labute approximate surface area is 140 Å². The van der Waals surface area contributed by atoms with Crippen molar-refractivity contribution in [3.05, 3.63) is 47.5 Å². The molecule has 0 saturated carbocycles. The van der Waals surface area contributed by atoms with Crippen molar-refractivity contribution >= 4 is 40.0 Å². The Hall–Kier alpha value is -2.40. The van der Waals surface area contributed by atoms with Crippen molar-refractivity contribution in [1.82, 2.24) is 9.55 Å². The molecule has 2 aromatic carbocycles. The van der Waals surface area contributed by atoms with Gasteiger partial charge in [-0.05, 0) is 37.3 Å². The van der Waals surface area contributed by atoms with Gasteiger partial charge in [0.05, 0.1) is 16.1 Å². The van der Waals surface area contributed by atoms with E-state index in [4.69, 9.17) is 11.6 Å². The first kappa shape index (κ1) is 15.5. The highest BCUT2D eigenvalue weighted by Crippen LogP contribution is 2.31. The highest BCUT2D eigenvalue weighted by atomic mass is 35.5. The Morgan fingerprint density at radius 1 is 1.13 bits per heavy atom. The number of benzene rings is 2. The van der Waals surface area contributed by atoms with Crippen LogP contribution in [0.3, 0.4) is 0 Å². The van der Waals surface area contributed by atoms with Gasteiger partial charge in [-0.25, -0.2) is 4.98 Å². The highest BCUT2D eigenvalue weighted by molar-refractivity contribution is 6.33. The van der Waals surface area contributed by atoms with Gasteiger partial charge < -0.3 is 9.47 Å². The molecule has 0 saturated heterocycles. The molecular weight excluding hydrogens is 310 g/mol. The number of imidazole rings is 1. The molecule has 1 aromatic heterocycles. The standard InChI is InChI=1S/C17H18ClN5/c1-4-23-16-8-6-5-7-15(16)19-17(23)21-20-14-10-9-12(22(2)3)11-13(14)18/h5-11H,4H2,1-3H3. The third-order valence-corrected chi connectivity index (χ3v) is 3.95. The van der Waals surface area contributed by atoms with Gasteiger partial charge in [0.25, 0.3) is 0 Å². The highest BCUT2D eigenvalue weighted by Gasteiger charge is 2.08. The van der Waals surface area contributed by atoms with E-state index in [1.54, 1.807) is 0 Å². The molecule has 0 fully saturated rings. The summed E-state index contributed by atoms with van der Waals surface area (Å²) in [6.45, 7) is 2.84. The zero-order valence-electron chi connectivity index (χ0n) is 13.4. The maximum atomic E-state index is 6.28. The molecule has 3 rings (SSSR count). The summed E-state index contributed by atoms with van der Waals surface area (Å²) in [6, 6.07) is 13.7. The largest absolute Gasteiger partial charge is 0.378 e. The zero-order chi connectivity index (χ0) is 16.4. The Balaban J connectivity index is 1.97. The molecule has 0 aliphatic rings.